The van der Waals surface area contributed by atoms with Crippen molar-refractivity contribution >= 4 is 0 Å². The average Bonchev–Trinajstić information content (AvgIpc) is 2.34. The fraction of sp³-hybridized carbons (Fsp3) is 0.571. The van der Waals surface area contributed by atoms with E-state index in [1.54, 1.807) is 14.0 Å². The maximum absolute atomic E-state index is 9.26. The Morgan fingerprint density at radius 3 is 2.56 bits per heavy atom. The lowest BCUT2D eigenvalue weighted by Gasteiger charge is -2.15. The summed E-state index contributed by atoms with van der Waals surface area (Å²) in [6, 6.07) is 6.09. The molecule has 0 aliphatic carbocycles. The number of aliphatic hydroxyl groups is 1. The molecule has 4 nitrogen and oxygen atoms in total. The van der Waals surface area contributed by atoms with Crippen molar-refractivity contribution < 1.29 is 14.6 Å². The van der Waals surface area contributed by atoms with Gasteiger partial charge in [0.05, 0.1) is 13.2 Å². The summed E-state index contributed by atoms with van der Waals surface area (Å²) in [6.45, 7) is 6.90. The molecular formula is C14H23NO3. The van der Waals surface area contributed by atoms with Crippen molar-refractivity contribution in [1.29, 1.82) is 0 Å². The number of rotatable bonds is 7. The number of hydrogen-bond donors (Lipinski definition) is 2. The normalized spacial score (nSPS) is 12.6. The number of hydrogen-bond acceptors (Lipinski definition) is 4. The van der Waals surface area contributed by atoms with Gasteiger partial charge in [0.15, 0.2) is 0 Å². The fourth-order valence-electron chi connectivity index (χ4n) is 1.49. The second-order valence-corrected chi connectivity index (χ2v) is 4.67. The lowest BCUT2D eigenvalue weighted by Crippen LogP contribution is -2.22. The lowest BCUT2D eigenvalue weighted by molar-refractivity contribution is 0.122. The third kappa shape index (κ3) is 4.94. The van der Waals surface area contributed by atoms with Crippen molar-refractivity contribution in [3.63, 3.8) is 0 Å². The summed E-state index contributed by atoms with van der Waals surface area (Å²) in [4.78, 5) is 0. The Hall–Kier alpha value is -1.26. The van der Waals surface area contributed by atoms with Crippen LogP contribution in [0.1, 0.15) is 26.3 Å². The minimum Gasteiger partial charge on any atom is -0.497 e. The minimum absolute atomic E-state index is 0.293. The van der Waals surface area contributed by atoms with Gasteiger partial charge in [-0.05, 0) is 25.1 Å². The predicted molar refractivity (Wildman–Crippen MR) is 72.1 cm³/mol. The van der Waals surface area contributed by atoms with Gasteiger partial charge >= 0.3 is 0 Å². The second kappa shape index (κ2) is 7.24. The second-order valence-electron chi connectivity index (χ2n) is 4.67. The zero-order valence-electron chi connectivity index (χ0n) is 11.6. The van der Waals surface area contributed by atoms with Crippen LogP contribution in [-0.2, 0) is 6.54 Å². The Labute approximate surface area is 109 Å². The van der Waals surface area contributed by atoms with E-state index in [-0.39, 0.29) is 0 Å². The van der Waals surface area contributed by atoms with E-state index >= 15 is 0 Å². The van der Waals surface area contributed by atoms with Gasteiger partial charge in [-0.15, -0.1) is 0 Å². The van der Waals surface area contributed by atoms with E-state index in [4.69, 9.17) is 9.47 Å². The van der Waals surface area contributed by atoms with E-state index in [1.807, 2.05) is 18.2 Å². The molecule has 4 heteroatoms. The third-order valence-electron chi connectivity index (χ3n) is 2.45. The molecule has 1 rings (SSSR count). The lowest BCUT2D eigenvalue weighted by atomic mass is 10.1. The van der Waals surface area contributed by atoms with E-state index in [0.29, 0.717) is 19.2 Å². The molecule has 1 aromatic carbocycles. The van der Waals surface area contributed by atoms with E-state index in [9.17, 15) is 5.11 Å². The van der Waals surface area contributed by atoms with E-state index in [0.717, 1.165) is 17.1 Å². The first-order valence-electron chi connectivity index (χ1n) is 6.24. The molecule has 0 spiro atoms. The molecule has 0 bridgehead atoms. The largest absolute Gasteiger partial charge is 0.497 e. The van der Waals surface area contributed by atoms with E-state index in [1.165, 1.54) is 0 Å². The molecule has 18 heavy (non-hydrogen) atoms. The van der Waals surface area contributed by atoms with Gasteiger partial charge in [-0.3, -0.25) is 0 Å². The van der Waals surface area contributed by atoms with Gasteiger partial charge in [-0.1, -0.05) is 13.8 Å². The van der Waals surface area contributed by atoms with Crippen molar-refractivity contribution in [1.82, 2.24) is 5.32 Å². The van der Waals surface area contributed by atoms with Crippen LogP contribution in [0.5, 0.6) is 11.5 Å². The highest BCUT2D eigenvalue weighted by Gasteiger charge is 2.07. The number of benzene rings is 1. The molecule has 0 fully saturated rings. The highest BCUT2D eigenvalue weighted by atomic mass is 16.5. The van der Waals surface area contributed by atoms with Crippen LogP contribution in [0.25, 0.3) is 0 Å². The summed E-state index contributed by atoms with van der Waals surface area (Å²) in [7, 11) is 1.64. The monoisotopic (exact) mass is 253 g/mol. The first-order valence-corrected chi connectivity index (χ1v) is 6.24. The zero-order chi connectivity index (χ0) is 13.5. The number of ether oxygens (including phenoxy) is 2. The summed E-state index contributed by atoms with van der Waals surface area (Å²) in [5.74, 6) is 1.59. The standard InChI is InChI=1S/C14H23NO3/c1-10(2)15-8-12-7-13(17-4)5-6-14(12)18-9-11(3)16/h5-7,10-11,15-16H,8-9H2,1-4H3. The van der Waals surface area contributed by atoms with Gasteiger partial charge in [-0.2, -0.15) is 0 Å². The van der Waals surface area contributed by atoms with Crippen molar-refractivity contribution in [2.75, 3.05) is 13.7 Å². The molecule has 102 valence electrons. The first-order chi connectivity index (χ1) is 8.52. The fourth-order valence-corrected chi connectivity index (χ4v) is 1.49. The van der Waals surface area contributed by atoms with Crippen molar-refractivity contribution in [2.24, 2.45) is 0 Å². The van der Waals surface area contributed by atoms with Gasteiger partial charge in [-0.25, -0.2) is 0 Å². The molecule has 0 amide bonds. The Kier molecular flexibility index (Phi) is 5.95. The smallest absolute Gasteiger partial charge is 0.124 e. The van der Waals surface area contributed by atoms with Gasteiger partial charge < -0.3 is 19.9 Å². The van der Waals surface area contributed by atoms with Gasteiger partial charge in [0.25, 0.3) is 0 Å². The topological polar surface area (TPSA) is 50.7 Å². The van der Waals surface area contributed by atoms with Crippen LogP contribution in [0.3, 0.4) is 0 Å². The third-order valence-corrected chi connectivity index (χ3v) is 2.45. The van der Waals surface area contributed by atoms with Crippen LogP contribution in [0, 0.1) is 0 Å². The zero-order valence-corrected chi connectivity index (χ0v) is 11.6. The molecule has 0 saturated carbocycles. The average molecular weight is 253 g/mol. The summed E-state index contributed by atoms with van der Waals surface area (Å²) in [6.07, 6.45) is -0.474. The Morgan fingerprint density at radius 1 is 1.28 bits per heavy atom. The molecule has 0 saturated heterocycles. The number of methoxy groups -OCH3 is 1. The summed E-state index contributed by atoms with van der Waals surface area (Å²) < 4.78 is 10.8. The van der Waals surface area contributed by atoms with Crippen LogP contribution < -0.4 is 14.8 Å². The summed E-state index contributed by atoms with van der Waals surface area (Å²) in [5, 5.41) is 12.6. The van der Waals surface area contributed by atoms with Crippen molar-refractivity contribution in [3.05, 3.63) is 23.8 Å². The van der Waals surface area contributed by atoms with E-state index < -0.39 is 6.10 Å². The van der Waals surface area contributed by atoms with Crippen LogP contribution in [0.15, 0.2) is 18.2 Å². The molecule has 2 N–H and O–H groups in total. The Balaban J connectivity index is 2.79. The molecule has 1 atom stereocenters. The Morgan fingerprint density at radius 2 is 2.00 bits per heavy atom. The maximum atomic E-state index is 9.26. The van der Waals surface area contributed by atoms with Crippen LogP contribution in [0.2, 0.25) is 0 Å². The summed E-state index contributed by atoms with van der Waals surface area (Å²) >= 11 is 0. The van der Waals surface area contributed by atoms with Crippen LogP contribution in [0.4, 0.5) is 0 Å². The number of nitrogens with one attached hydrogen (secondary N) is 1. The van der Waals surface area contributed by atoms with E-state index in [2.05, 4.69) is 19.2 Å². The highest BCUT2D eigenvalue weighted by Crippen LogP contribution is 2.24. The number of aliphatic hydroxyl groups excluding tert-OH is 1. The molecule has 0 heterocycles. The van der Waals surface area contributed by atoms with Gasteiger partial charge in [0.2, 0.25) is 0 Å². The maximum Gasteiger partial charge on any atom is 0.124 e. The quantitative estimate of drug-likeness (QED) is 0.780. The highest BCUT2D eigenvalue weighted by molar-refractivity contribution is 5.40. The molecular weight excluding hydrogens is 230 g/mol. The Bertz CT molecular complexity index is 364. The SMILES string of the molecule is COc1ccc(OCC(C)O)c(CNC(C)C)c1. The minimum atomic E-state index is -0.474. The first kappa shape index (κ1) is 14.8. The van der Waals surface area contributed by atoms with Gasteiger partial charge in [0, 0.05) is 18.2 Å². The van der Waals surface area contributed by atoms with Crippen LogP contribution in [-0.4, -0.2) is 31.0 Å². The summed E-state index contributed by atoms with van der Waals surface area (Å²) in [5.41, 5.74) is 1.03. The predicted octanol–water partition coefficient (Wildman–Crippen LogP) is 1.95. The molecule has 0 aliphatic heterocycles. The molecule has 1 aromatic rings. The molecule has 0 radical (unpaired) electrons. The molecule has 0 aliphatic rings. The van der Waals surface area contributed by atoms with Crippen molar-refractivity contribution in [3.8, 4) is 11.5 Å². The molecule has 0 aromatic heterocycles. The van der Waals surface area contributed by atoms with Crippen molar-refractivity contribution in [2.45, 2.75) is 39.5 Å². The van der Waals surface area contributed by atoms with Gasteiger partial charge in [0.1, 0.15) is 18.1 Å². The molecule has 1 unspecified atom stereocenters. The van der Waals surface area contributed by atoms with Crippen LogP contribution >= 0.6 is 0 Å².